The van der Waals surface area contributed by atoms with Crippen LogP contribution in [0.5, 0.6) is 5.75 Å². The number of hydrogen-bond donors (Lipinski definition) is 1. The second-order valence-corrected chi connectivity index (χ2v) is 8.34. The molecule has 8 heteroatoms. The fraction of sp³-hybridized carbons (Fsp3) is 0.571. The molecule has 0 saturated carbocycles. The predicted molar refractivity (Wildman–Crippen MR) is 113 cm³/mol. The van der Waals surface area contributed by atoms with Crippen LogP contribution in [0.25, 0.3) is 0 Å². The van der Waals surface area contributed by atoms with Gasteiger partial charge >= 0.3 is 0 Å². The fourth-order valence-electron chi connectivity index (χ4n) is 3.63. The summed E-state index contributed by atoms with van der Waals surface area (Å²) in [5.41, 5.74) is 0.866. The van der Waals surface area contributed by atoms with Crippen molar-refractivity contribution in [3.63, 3.8) is 0 Å². The van der Waals surface area contributed by atoms with Crippen molar-refractivity contribution >= 4 is 28.8 Å². The lowest BCUT2D eigenvalue weighted by molar-refractivity contribution is -0.132. The number of ether oxygens (including phenoxy) is 1. The quantitative estimate of drug-likeness (QED) is 0.666. The van der Waals surface area contributed by atoms with Gasteiger partial charge < -0.3 is 19.9 Å². The van der Waals surface area contributed by atoms with Crippen molar-refractivity contribution in [2.45, 2.75) is 38.6 Å². The number of likely N-dealkylation sites (tertiary alicyclic amines) is 1. The van der Waals surface area contributed by atoms with Crippen molar-refractivity contribution in [2.75, 3.05) is 38.5 Å². The number of carbonyl (C=O) groups is 3. The Morgan fingerprint density at radius 1 is 1.21 bits per heavy atom. The lowest BCUT2D eigenvalue weighted by atomic mass is 10.0. The lowest BCUT2D eigenvalue weighted by Gasteiger charge is -2.22. The molecule has 2 aliphatic heterocycles. The number of thioether (sulfide) groups is 1. The molecular weight excluding hydrogens is 390 g/mol. The van der Waals surface area contributed by atoms with Crippen LogP contribution < -0.4 is 10.1 Å². The van der Waals surface area contributed by atoms with E-state index in [1.165, 1.54) is 11.8 Å². The molecule has 1 atom stereocenters. The molecule has 1 unspecified atom stereocenters. The van der Waals surface area contributed by atoms with Crippen LogP contribution in [0.2, 0.25) is 0 Å². The summed E-state index contributed by atoms with van der Waals surface area (Å²) in [5, 5.41) is 3.09. The van der Waals surface area contributed by atoms with Gasteiger partial charge in [-0.25, -0.2) is 0 Å². The van der Waals surface area contributed by atoms with E-state index in [1.54, 1.807) is 4.90 Å². The Bertz CT molecular complexity index is 736. The molecule has 0 radical (unpaired) electrons. The standard InChI is InChI=1S/C21H29N3O4S/c1-2-17(22-19(25)9-12-24-13-14-29-21(24)27)16-7-3-4-8-18(16)28-15-20(26)23-10-5-6-11-23/h3-4,7-8,17H,2,5-6,9-15H2,1H3,(H,22,25). The van der Waals surface area contributed by atoms with Crippen LogP contribution in [0.1, 0.15) is 44.2 Å². The summed E-state index contributed by atoms with van der Waals surface area (Å²) in [6, 6.07) is 7.32. The summed E-state index contributed by atoms with van der Waals surface area (Å²) < 4.78 is 5.83. The molecule has 2 heterocycles. The number of hydrogen-bond acceptors (Lipinski definition) is 5. The summed E-state index contributed by atoms with van der Waals surface area (Å²) in [6.45, 7) is 4.76. The smallest absolute Gasteiger partial charge is 0.281 e. The number of carbonyl (C=O) groups excluding carboxylic acids is 3. The largest absolute Gasteiger partial charge is 0.483 e. The van der Waals surface area contributed by atoms with Gasteiger partial charge in [0.25, 0.3) is 11.1 Å². The maximum atomic E-state index is 12.4. The van der Waals surface area contributed by atoms with E-state index in [9.17, 15) is 14.4 Å². The third-order valence-corrected chi connectivity index (χ3v) is 6.19. The topological polar surface area (TPSA) is 79.0 Å². The van der Waals surface area contributed by atoms with Gasteiger partial charge in [0.2, 0.25) is 5.91 Å². The van der Waals surface area contributed by atoms with Crippen molar-refractivity contribution in [1.29, 1.82) is 0 Å². The molecular formula is C21H29N3O4S. The summed E-state index contributed by atoms with van der Waals surface area (Å²) in [4.78, 5) is 39.9. The Morgan fingerprint density at radius 3 is 2.66 bits per heavy atom. The molecule has 1 aromatic carbocycles. The molecule has 158 valence electrons. The van der Waals surface area contributed by atoms with Crippen molar-refractivity contribution in [1.82, 2.24) is 15.1 Å². The molecule has 1 aromatic rings. The average Bonchev–Trinajstić information content (AvgIpc) is 3.41. The molecule has 29 heavy (non-hydrogen) atoms. The first-order valence-corrected chi connectivity index (χ1v) is 11.3. The van der Waals surface area contributed by atoms with Crippen molar-refractivity contribution in [3.05, 3.63) is 29.8 Å². The monoisotopic (exact) mass is 419 g/mol. The molecule has 2 aliphatic rings. The minimum atomic E-state index is -0.204. The predicted octanol–water partition coefficient (Wildman–Crippen LogP) is 2.81. The molecule has 3 amide bonds. The maximum absolute atomic E-state index is 12.4. The van der Waals surface area contributed by atoms with Crippen molar-refractivity contribution < 1.29 is 19.1 Å². The van der Waals surface area contributed by atoms with Crippen LogP contribution in [0, 0.1) is 0 Å². The number of benzene rings is 1. The van der Waals surface area contributed by atoms with E-state index < -0.39 is 0 Å². The molecule has 2 fully saturated rings. The highest BCUT2D eigenvalue weighted by molar-refractivity contribution is 8.13. The van der Waals surface area contributed by atoms with Crippen molar-refractivity contribution in [3.8, 4) is 5.75 Å². The van der Waals surface area contributed by atoms with Gasteiger partial charge in [-0.3, -0.25) is 14.4 Å². The maximum Gasteiger partial charge on any atom is 0.281 e. The number of nitrogens with one attached hydrogen (secondary N) is 1. The third-order valence-electron chi connectivity index (χ3n) is 5.30. The zero-order valence-corrected chi connectivity index (χ0v) is 17.7. The molecule has 3 rings (SSSR count). The van der Waals surface area contributed by atoms with E-state index in [2.05, 4.69) is 5.32 Å². The van der Waals surface area contributed by atoms with Crippen LogP contribution in [0.4, 0.5) is 4.79 Å². The van der Waals surface area contributed by atoms with Crippen molar-refractivity contribution in [2.24, 2.45) is 0 Å². The zero-order chi connectivity index (χ0) is 20.6. The Kier molecular flexibility index (Phi) is 7.80. The Hall–Kier alpha value is -2.22. The van der Waals surface area contributed by atoms with E-state index in [0.717, 1.165) is 37.2 Å². The van der Waals surface area contributed by atoms with Gasteiger partial charge in [0, 0.05) is 43.9 Å². The van der Waals surface area contributed by atoms with Gasteiger partial charge in [-0.2, -0.15) is 0 Å². The van der Waals surface area contributed by atoms with E-state index >= 15 is 0 Å². The van der Waals surface area contributed by atoms with Crippen LogP contribution in [0.3, 0.4) is 0 Å². The second kappa shape index (κ2) is 10.5. The minimum Gasteiger partial charge on any atom is -0.483 e. The second-order valence-electron chi connectivity index (χ2n) is 7.29. The highest BCUT2D eigenvalue weighted by Gasteiger charge is 2.23. The Balaban J connectivity index is 1.56. The number of nitrogens with zero attached hydrogens (tertiary/aromatic N) is 2. The SMILES string of the molecule is CCC(NC(=O)CCN1CCSC1=O)c1ccccc1OCC(=O)N1CCCC1. The average molecular weight is 420 g/mol. The number of para-hydroxylation sites is 1. The molecule has 2 saturated heterocycles. The molecule has 7 nitrogen and oxygen atoms in total. The number of rotatable bonds is 9. The van der Waals surface area contributed by atoms with Gasteiger partial charge in [0.1, 0.15) is 5.75 Å². The van der Waals surface area contributed by atoms with E-state index in [4.69, 9.17) is 4.74 Å². The molecule has 0 bridgehead atoms. The van der Waals surface area contributed by atoms with Gasteiger partial charge in [-0.05, 0) is 25.3 Å². The van der Waals surface area contributed by atoms with E-state index in [0.29, 0.717) is 25.3 Å². The molecule has 0 spiro atoms. The molecule has 0 aliphatic carbocycles. The summed E-state index contributed by atoms with van der Waals surface area (Å²) >= 11 is 1.30. The summed E-state index contributed by atoms with van der Waals surface area (Å²) in [6.07, 6.45) is 3.08. The van der Waals surface area contributed by atoms with Crippen LogP contribution in [-0.4, -0.2) is 65.4 Å². The van der Waals surface area contributed by atoms with Gasteiger partial charge in [-0.1, -0.05) is 36.9 Å². The third kappa shape index (κ3) is 5.88. The summed E-state index contributed by atoms with van der Waals surface area (Å²) in [7, 11) is 0. The Morgan fingerprint density at radius 2 is 1.97 bits per heavy atom. The number of amides is 3. The first kappa shape index (κ1) is 21.5. The normalized spacial score (nSPS) is 17.5. The fourth-order valence-corrected chi connectivity index (χ4v) is 4.48. The zero-order valence-electron chi connectivity index (χ0n) is 16.9. The van der Waals surface area contributed by atoms with Gasteiger partial charge in [0.05, 0.1) is 6.04 Å². The highest BCUT2D eigenvalue weighted by Crippen LogP contribution is 2.27. The first-order valence-electron chi connectivity index (χ1n) is 10.3. The van der Waals surface area contributed by atoms with Crippen LogP contribution >= 0.6 is 11.8 Å². The summed E-state index contributed by atoms with van der Waals surface area (Å²) in [5.74, 6) is 1.32. The van der Waals surface area contributed by atoms with Gasteiger partial charge in [-0.15, -0.1) is 0 Å². The molecule has 0 aromatic heterocycles. The van der Waals surface area contributed by atoms with E-state index in [-0.39, 0.29) is 36.1 Å². The van der Waals surface area contributed by atoms with Gasteiger partial charge in [0.15, 0.2) is 6.61 Å². The first-order chi connectivity index (χ1) is 14.1. The highest BCUT2D eigenvalue weighted by atomic mass is 32.2. The minimum absolute atomic E-state index is 0.00235. The molecule has 1 N–H and O–H groups in total. The van der Waals surface area contributed by atoms with E-state index in [1.807, 2.05) is 36.1 Å². The van der Waals surface area contributed by atoms with Crippen LogP contribution in [-0.2, 0) is 9.59 Å². The lowest BCUT2D eigenvalue weighted by Crippen LogP contribution is -2.34. The van der Waals surface area contributed by atoms with Crippen LogP contribution in [0.15, 0.2) is 24.3 Å². The Labute approximate surface area is 176 Å².